The Balaban J connectivity index is 2.58. The lowest BCUT2D eigenvalue weighted by molar-refractivity contribution is -0.118. The summed E-state index contributed by atoms with van der Waals surface area (Å²) in [4.78, 5) is 11.4. The van der Waals surface area contributed by atoms with Crippen LogP contribution in [0.5, 0.6) is 0 Å². The van der Waals surface area contributed by atoms with Gasteiger partial charge in [0.05, 0.1) is 0 Å². The zero-order valence-corrected chi connectivity index (χ0v) is 9.52. The zero-order chi connectivity index (χ0) is 9.19. The highest BCUT2D eigenvalue weighted by Gasteiger charge is 2.29. The van der Waals surface area contributed by atoms with Gasteiger partial charge in [-0.1, -0.05) is 32.5 Å². The zero-order valence-electron chi connectivity index (χ0n) is 8.52. The molecule has 1 atom stereocenters. The fourth-order valence-corrected chi connectivity index (χ4v) is 3.84. The van der Waals surface area contributed by atoms with Gasteiger partial charge in [0.2, 0.25) is 0 Å². The van der Waals surface area contributed by atoms with Gasteiger partial charge in [-0.2, -0.15) is 0 Å². The first kappa shape index (κ1) is 9.97. The van der Waals surface area contributed by atoms with Crippen LogP contribution in [0.4, 0.5) is 0 Å². The first-order valence-electron chi connectivity index (χ1n) is 5.02. The van der Waals surface area contributed by atoms with Gasteiger partial charge >= 0.3 is 0 Å². The molecule has 0 aromatic heterocycles. The van der Waals surface area contributed by atoms with Crippen LogP contribution in [0, 0.1) is 0 Å². The van der Waals surface area contributed by atoms with Crippen molar-refractivity contribution in [2.45, 2.75) is 57.3 Å². The molecule has 0 N–H and O–H groups in total. The van der Waals surface area contributed by atoms with Crippen LogP contribution in [-0.4, -0.2) is 13.9 Å². The Morgan fingerprint density at radius 1 is 1.25 bits per heavy atom. The smallest absolute Gasteiger partial charge is 0.132 e. The van der Waals surface area contributed by atoms with Crippen molar-refractivity contribution in [3.05, 3.63) is 0 Å². The van der Waals surface area contributed by atoms with Crippen LogP contribution >= 0.6 is 0 Å². The average Bonchev–Trinajstić information content (AvgIpc) is 2.11. The van der Waals surface area contributed by atoms with Gasteiger partial charge in [-0.05, 0) is 12.0 Å². The number of carbonyl (C=O) groups is 1. The van der Waals surface area contributed by atoms with E-state index in [9.17, 15) is 4.79 Å². The van der Waals surface area contributed by atoms with E-state index in [4.69, 9.17) is 0 Å². The van der Waals surface area contributed by atoms with Crippen molar-refractivity contribution in [2.75, 3.05) is 0 Å². The Morgan fingerprint density at radius 3 is 2.50 bits per heavy atom. The molecule has 1 rings (SSSR count). The van der Waals surface area contributed by atoms with E-state index in [0.29, 0.717) is 5.78 Å². The molecule has 1 aliphatic carbocycles. The van der Waals surface area contributed by atoms with Gasteiger partial charge in [-0.25, -0.2) is 0 Å². The molecule has 70 valence electrons. The Bertz CT molecular complexity index is 169. The summed E-state index contributed by atoms with van der Waals surface area (Å²) in [7, 11) is -1.05. The van der Waals surface area contributed by atoms with Crippen LogP contribution in [-0.2, 0) is 4.79 Å². The second kappa shape index (κ2) is 3.73. The quantitative estimate of drug-likeness (QED) is 0.452. The molecule has 12 heavy (non-hydrogen) atoms. The molecule has 0 aliphatic heterocycles. The summed E-state index contributed by atoms with van der Waals surface area (Å²) in [5.74, 6) is 0.514. The third-order valence-corrected chi connectivity index (χ3v) is 5.90. The summed E-state index contributed by atoms with van der Waals surface area (Å²) in [6.45, 7) is 7.16. The molecule has 1 nitrogen and oxygen atoms in total. The summed E-state index contributed by atoms with van der Waals surface area (Å²) < 4.78 is 0. The van der Waals surface area contributed by atoms with E-state index in [2.05, 4.69) is 19.6 Å². The maximum absolute atomic E-state index is 11.4. The average molecular weight is 184 g/mol. The van der Waals surface area contributed by atoms with Crippen molar-refractivity contribution in [3.8, 4) is 0 Å². The number of Topliss-reactive ketones (excluding diaryl/α,β-unsaturated/α-hetero) is 1. The molecule has 1 unspecified atom stereocenters. The summed E-state index contributed by atoms with van der Waals surface area (Å²) >= 11 is 0. The van der Waals surface area contributed by atoms with Crippen LogP contribution in [0.15, 0.2) is 0 Å². The van der Waals surface area contributed by atoms with E-state index < -0.39 is 8.07 Å². The van der Waals surface area contributed by atoms with Crippen molar-refractivity contribution in [3.63, 3.8) is 0 Å². The van der Waals surface area contributed by atoms with Gasteiger partial charge in [-0.15, -0.1) is 0 Å². The monoisotopic (exact) mass is 184 g/mol. The van der Waals surface area contributed by atoms with Crippen molar-refractivity contribution in [1.82, 2.24) is 0 Å². The minimum Gasteiger partial charge on any atom is -0.300 e. The largest absolute Gasteiger partial charge is 0.300 e. The maximum Gasteiger partial charge on any atom is 0.132 e. The molecule has 0 aromatic carbocycles. The molecule has 0 aromatic rings. The second-order valence-corrected chi connectivity index (χ2v) is 10.6. The molecule has 0 amide bonds. The normalized spacial score (nSPS) is 26.9. The van der Waals surface area contributed by atoms with Gasteiger partial charge in [0.1, 0.15) is 5.78 Å². The second-order valence-electron chi connectivity index (χ2n) is 5.05. The standard InChI is InChI=1S/C10H20OSi/c1-12(2,3)10-7-5-4-6-9(11)8-10/h10H,4-8H2,1-3H3. The molecular weight excluding hydrogens is 164 g/mol. The molecule has 1 aliphatic rings. The Hall–Kier alpha value is -0.113. The van der Waals surface area contributed by atoms with Crippen LogP contribution in [0.3, 0.4) is 0 Å². The fourth-order valence-electron chi connectivity index (χ4n) is 1.93. The molecule has 0 saturated heterocycles. The lowest BCUT2D eigenvalue weighted by Gasteiger charge is -2.26. The Morgan fingerprint density at radius 2 is 1.92 bits per heavy atom. The predicted molar refractivity (Wildman–Crippen MR) is 55.2 cm³/mol. The van der Waals surface area contributed by atoms with Crippen LogP contribution in [0.1, 0.15) is 32.1 Å². The van der Waals surface area contributed by atoms with Gasteiger partial charge in [0.15, 0.2) is 0 Å². The third kappa shape index (κ3) is 2.74. The van der Waals surface area contributed by atoms with E-state index in [1.807, 2.05) is 0 Å². The summed E-state index contributed by atoms with van der Waals surface area (Å²) in [6, 6.07) is 0. The number of carbonyl (C=O) groups excluding carboxylic acids is 1. The minimum absolute atomic E-state index is 0.514. The number of hydrogen-bond donors (Lipinski definition) is 0. The van der Waals surface area contributed by atoms with E-state index >= 15 is 0 Å². The molecule has 0 bridgehead atoms. The Labute approximate surface area is 76.6 Å². The van der Waals surface area contributed by atoms with Crippen molar-refractivity contribution in [2.24, 2.45) is 0 Å². The van der Waals surface area contributed by atoms with Gasteiger partial charge < -0.3 is 0 Å². The summed E-state index contributed by atoms with van der Waals surface area (Å²) in [5.41, 5.74) is 0.757. The number of rotatable bonds is 1. The van der Waals surface area contributed by atoms with E-state index in [1.54, 1.807) is 0 Å². The van der Waals surface area contributed by atoms with Gasteiger partial charge in [-0.3, -0.25) is 4.79 Å². The topological polar surface area (TPSA) is 17.1 Å². The molecular formula is C10H20OSi. The lowest BCUT2D eigenvalue weighted by atomic mass is 10.2. The molecule has 0 spiro atoms. The molecule has 1 saturated carbocycles. The fraction of sp³-hybridized carbons (Fsp3) is 0.900. The minimum atomic E-state index is -1.05. The Kier molecular flexibility index (Phi) is 3.10. The molecule has 2 heteroatoms. The SMILES string of the molecule is C[Si](C)(C)C1CCCCC(=O)C1. The first-order chi connectivity index (χ1) is 5.50. The highest BCUT2D eigenvalue weighted by Crippen LogP contribution is 2.34. The number of hydrogen-bond acceptors (Lipinski definition) is 1. The van der Waals surface area contributed by atoms with Gasteiger partial charge in [0.25, 0.3) is 0 Å². The number of ketones is 1. The van der Waals surface area contributed by atoms with Crippen LogP contribution in [0.25, 0.3) is 0 Å². The first-order valence-corrected chi connectivity index (χ1v) is 8.59. The van der Waals surface area contributed by atoms with Crippen LogP contribution in [0.2, 0.25) is 25.2 Å². The van der Waals surface area contributed by atoms with E-state index in [-0.39, 0.29) is 0 Å². The third-order valence-electron chi connectivity index (χ3n) is 2.96. The lowest BCUT2D eigenvalue weighted by Crippen LogP contribution is -2.29. The van der Waals surface area contributed by atoms with Crippen molar-refractivity contribution < 1.29 is 4.79 Å². The molecule has 0 heterocycles. The van der Waals surface area contributed by atoms with Gasteiger partial charge in [0, 0.05) is 20.9 Å². The highest BCUT2D eigenvalue weighted by atomic mass is 28.3. The van der Waals surface area contributed by atoms with Crippen LogP contribution < -0.4 is 0 Å². The van der Waals surface area contributed by atoms with E-state index in [0.717, 1.165) is 24.8 Å². The summed E-state index contributed by atoms with van der Waals surface area (Å²) in [6.07, 6.45) is 5.46. The predicted octanol–water partition coefficient (Wildman–Crippen LogP) is 3.23. The summed E-state index contributed by atoms with van der Waals surface area (Å²) in [5, 5.41) is 0. The highest BCUT2D eigenvalue weighted by molar-refractivity contribution is 6.77. The molecule has 1 fully saturated rings. The van der Waals surface area contributed by atoms with Crippen molar-refractivity contribution in [1.29, 1.82) is 0 Å². The van der Waals surface area contributed by atoms with Crippen molar-refractivity contribution >= 4 is 13.9 Å². The molecule has 0 radical (unpaired) electrons. The van der Waals surface area contributed by atoms with E-state index in [1.165, 1.54) is 12.8 Å². The maximum atomic E-state index is 11.4.